The van der Waals surface area contributed by atoms with E-state index in [4.69, 9.17) is 5.73 Å². The van der Waals surface area contributed by atoms with Gasteiger partial charge in [-0.25, -0.2) is 0 Å². The first-order valence-electron chi connectivity index (χ1n) is 6.13. The van der Waals surface area contributed by atoms with Gasteiger partial charge in [-0.1, -0.05) is 22.0 Å². The van der Waals surface area contributed by atoms with E-state index < -0.39 is 0 Å². The van der Waals surface area contributed by atoms with E-state index in [-0.39, 0.29) is 6.04 Å². The Bertz CT molecular complexity index is 534. The van der Waals surface area contributed by atoms with Crippen LogP contribution in [-0.4, -0.2) is 9.78 Å². The molecule has 18 heavy (non-hydrogen) atoms. The number of nitrogens with zero attached hydrogens (tertiary/aromatic N) is 2. The van der Waals surface area contributed by atoms with E-state index in [0.29, 0.717) is 0 Å². The minimum absolute atomic E-state index is 0.0209. The molecule has 0 fully saturated rings. The maximum absolute atomic E-state index is 6.28. The summed E-state index contributed by atoms with van der Waals surface area (Å²) < 4.78 is 3.02. The van der Waals surface area contributed by atoms with Crippen LogP contribution in [0.5, 0.6) is 0 Å². The van der Waals surface area contributed by atoms with Crippen molar-refractivity contribution in [1.29, 1.82) is 0 Å². The van der Waals surface area contributed by atoms with Crippen molar-refractivity contribution in [2.45, 2.75) is 32.9 Å². The largest absolute Gasteiger partial charge is 0.324 e. The Kier molecular flexibility index (Phi) is 4.19. The molecule has 2 N–H and O–H groups in total. The topological polar surface area (TPSA) is 43.8 Å². The molecule has 2 rings (SSSR count). The summed E-state index contributed by atoms with van der Waals surface area (Å²) in [6.45, 7) is 5.07. The lowest BCUT2D eigenvalue weighted by atomic mass is 9.97. The van der Waals surface area contributed by atoms with Crippen LogP contribution in [-0.2, 0) is 13.0 Å². The lowest BCUT2D eigenvalue weighted by Crippen LogP contribution is -2.14. The van der Waals surface area contributed by atoms with Crippen LogP contribution in [0.3, 0.4) is 0 Å². The highest BCUT2D eigenvalue weighted by molar-refractivity contribution is 9.10. The molecule has 0 bridgehead atoms. The molecular formula is C14H18BrN3. The zero-order valence-corrected chi connectivity index (χ0v) is 12.3. The average Bonchev–Trinajstić information content (AvgIpc) is 2.76. The molecule has 96 valence electrons. The second-order valence-corrected chi connectivity index (χ2v) is 5.43. The summed E-state index contributed by atoms with van der Waals surface area (Å²) in [6, 6.07) is 6.25. The van der Waals surface area contributed by atoms with E-state index in [1.165, 1.54) is 16.7 Å². The van der Waals surface area contributed by atoms with Gasteiger partial charge in [0.05, 0.1) is 6.20 Å². The first kappa shape index (κ1) is 13.3. The number of aryl methyl sites for hydroxylation is 2. The number of aromatic nitrogens is 2. The van der Waals surface area contributed by atoms with Crippen LogP contribution in [0.4, 0.5) is 0 Å². The second kappa shape index (κ2) is 5.67. The predicted molar refractivity (Wildman–Crippen MR) is 77.4 cm³/mol. The summed E-state index contributed by atoms with van der Waals surface area (Å²) >= 11 is 3.47. The second-order valence-electron chi connectivity index (χ2n) is 4.52. The van der Waals surface area contributed by atoms with Crippen LogP contribution in [0.1, 0.15) is 29.7 Å². The van der Waals surface area contributed by atoms with Crippen molar-refractivity contribution in [2.24, 2.45) is 5.73 Å². The molecule has 4 heteroatoms. The van der Waals surface area contributed by atoms with Crippen LogP contribution in [0.2, 0.25) is 0 Å². The van der Waals surface area contributed by atoms with Gasteiger partial charge in [-0.05, 0) is 49.1 Å². The summed E-state index contributed by atoms with van der Waals surface area (Å²) in [5.74, 6) is 0. The molecule has 0 saturated heterocycles. The van der Waals surface area contributed by atoms with Crippen molar-refractivity contribution < 1.29 is 0 Å². The molecular weight excluding hydrogens is 290 g/mol. The highest BCUT2D eigenvalue weighted by atomic mass is 79.9. The lowest BCUT2D eigenvalue weighted by molar-refractivity contribution is 0.657. The SMILES string of the molecule is CCn1cc(CC(N)c2ccc(Br)cc2C)cn1. The van der Waals surface area contributed by atoms with Gasteiger partial charge < -0.3 is 5.73 Å². The van der Waals surface area contributed by atoms with E-state index in [1.807, 2.05) is 16.9 Å². The monoisotopic (exact) mass is 307 g/mol. The van der Waals surface area contributed by atoms with Gasteiger partial charge in [0.25, 0.3) is 0 Å². The Morgan fingerprint density at radius 3 is 2.83 bits per heavy atom. The normalized spacial score (nSPS) is 12.7. The molecule has 1 aromatic heterocycles. The minimum Gasteiger partial charge on any atom is -0.324 e. The first-order valence-corrected chi connectivity index (χ1v) is 6.92. The first-order chi connectivity index (χ1) is 8.60. The van der Waals surface area contributed by atoms with E-state index in [2.05, 4.69) is 53.2 Å². The quantitative estimate of drug-likeness (QED) is 0.942. The van der Waals surface area contributed by atoms with Gasteiger partial charge in [-0.15, -0.1) is 0 Å². The Balaban J connectivity index is 2.13. The van der Waals surface area contributed by atoms with Crippen LogP contribution in [0.15, 0.2) is 35.1 Å². The lowest BCUT2D eigenvalue weighted by Gasteiger charge is -2.14. The van der Waals surface area contributed by atoms with Crippen molar-refractivity contribution in [3.05, 3.63) is 51.8 Å². The fourth-order valence-corrected chi connectivity index (χ4v) is 2.58. The third-order valence-electron chi connectivity index (χ3n) is 3.10. The molecule has 1 heterocycles. The maximum Gasteiger partial charge on any atom is 0.0522 e. The van der Waals surface area contributed by atoms with Crippen molar-refractivity contribution >= 4 is 15.9 Å². The van der Waals surface area contributed by atoms with Crippen molar-refractivity contribution in [1.82, 2.24) is 9.78 Å². The van der Waals surface area contributed by atoms with Gasteiger partial charge in [-0.2, -0.15) is 5.10 Å². The number of nitrogens with two attached hydrogens (primary N) is 1. The zero-order chi connectivity index (χ0) is 13.1. The molecule has 0 radical (unpaired) electrons. The summed E-state index contributed by atoms with van der Waals surface area (Å²) in [7, 11) is 0. The van der Waals surface area contributed by atoms with Gasteiger partial charge in [0.2, 0.25) is 0 Å². The van der Waals surface area contributed by atoms with Crippen LogP contribution >= 0.6 is 15.9 Å². The van der Waals surface area contributed by atoms with E-state index in [1.54, 1.807) is 0 Å². The van der Waals surface area contributed by atoms with Crippen molar-refractivity contribution in [3.63, 3.8) is 0 Å². The third kappa shape index (κ3) is 3.00. The standard InChI is InChI=1S/C14H18BrN3/c1-3-18-9-11(8-17-18)7-14(16)13-5-4-12(15)6-10(13)2/h4-6,8-9,14H,3,7,16H2,1-2H3. The highest BCUT2D eigenvalue weighted by Crippen LogP contribution is 2.22. The average molecular weight is 308 g/mol. The van der Waals surface area contributed by atoms with E-state index >= 15 is 0 Å². The molecule has 0 aliphatic carbocycles. The van der Waals surface area contributed by atoms with E-state index in [9.17, 15) is 0 Å². The number of halogens is 1. The Hall–Kier alpha value is -1.13. The summed E-state index contributed by atoms with van der Waals surface area (Å²) in [4.78, 5) is 0. The van der Waals surface area contributed by atoms with Crippen LogP contribution in [0.25, 0.3) is 0 Å². The molecule has 3 nitrogen and oxygen atoms in total. The minimum atomic E-state index is 0.0209. The van der Waals surface area contributed by atoms with Gasteiger partial charge in [0, 0.05) is 23.3 Å². The summed E-state index contributed by atoms with van der Waals surface area (Å²) in [6.07, 6.45) is 4.79. The smallest absolute Gasteiger partial charge is 0.0522 e. The summed E-state index contributed by atoms with van der Waals surface area (Å²) in [5.41, 5.74) is 9.88. The molecule has 1 aromatic carbocycles. The summed E-state index contributed by atoms with van der Waals surface area (Å²) in [5, 5.41) is 4.27. The number of rotatable bonds is 4. The molecule has 1 unspecified atom stereocenters. The Morgan fingerprint density at radius 1 is 1.44 bits per heavy atom. The molecule has 0 aliphatic heterocycles. The highest BCUT2D eigenvalue weighted by Gasteiger charge is 2.11. The fourth-order valence-electron chi connectivity index (χ4n) is 2.10. The predicted octanol–water partition coefficient (Wildman–Crippen LogP) is 3.22. The number of hydrogen-bond acceptors (Lipinski definition) is 2. The third-order valence-corrected chi connectivity index (χ3v) is 3.59. The molecule has 1 atom stereocenters. The van der Waals surface area contributed by atoms with Crippen LogP contribution in [0, 0.1) is 6.92 Å². The molecule has 0 spiro atoms. The molecule has 0 amide bonds. The molecule has 2 aromatic rings. The van der Waals surface area contributed by atoms with E-state index in [0.717, 1.165) is 17.4 Å². The molecule has 0 aliphatic rings. The zero-order valence-electron chi connectivity index (χ0n) is 10.7. The number of benzene rings is 1. The van der Waals surface area contributed by atoms with Gasteiger partial charge in [0.15, 0.2) is 0 Å². The maximum atomic E-state index is 6.28. The fraction of sp³-hybridized carbons (Fsp3) is 0.357. The van der Waals surface area contributed by atoms with Crippen molar-refractivity contribution in [3.8, 4) is 0 Å². The molecule has 0 saturated carbocycles. The van der Waals surface area contributed by atoms with Gasteiger partial charge >= 0.3 is 0 Å². The van der Waals surface area contributed by atoms with Gasteiger partial charge in [0.1, 0.15) is 0 Å². The Morgan fingerprint density at radius 2 is 2.22 bits per heavy atom. The van der Waals surface area contributed by atoms with Gasteiger partial charge in [-0.3, -0.25) is 4.68 Å². The van der Waals surface area contributed by atoms with Crippen molar-refractivity contribution in [2.75, 3.05) is 0 Å². The van der Waals surface area contributed by atoms with Crippen LogP contribution < -0.4 is 5.73 Å². The Labute approximate surface area is 116 Å². The number of hydrogen-bond donors (Lipinski definition) is 1.